The van der Waals surface area contributed by atoms with Crippen molar-refractivity contribution in [3.8, 4) is 0 Å². The lowest BCUT2D eigenvalue weighted by Crippen LogP contribution is -2.51. The predicted octanol–water partition coefficient (Wildman–Crippen LogP) is 6.98. The molecule has 0 N–H and O–H groups in total. The zero-order valence-corrected chi connectivity index (χ0v) is 26.3. The monoisotopic (exact) mass is 569 g/mol. The molecule has 0 aromatic heterocycles. The molecule has 2 amide bonds. The molecule has 0 radical (unpaired) electrons. The van der Waals surface area contributed by atoms with Gasteiger partial charge >= 0.3 is 12.2 Å². The Morgan fingerprint density at radius 3 is 2.56 bits per heavy atom. The van der Waals surface area contributed by atoms with Crippen LogP contribution in [0.5, 0.6) is 0 Å². The maximum absolute atomic E-state index is 12.9. The van der Waals surface area contributed by atoms with Crippen LogP contribution in [0.15, 0.2) is 16.8 Å². The summed E-state index contributed by atoms with van der Waals surface area (Å²) in [5.74, 6) is 2.61. The van der Waals surface area contributed by atoms with Crippen LogP contribution in [0.1, 0.15) is 106 Å². The van der Waals surface area contributed by atoms with Gasteiger partial charge in [-0.1, -0.05) is 24.6 Å². The van der Waals surface area contributed by atoms with Gasteiger partial charge in [0.15, 0.2) is 5.78 Å². The molecule has 0 aromatic carbocycles. The van der Waals surface area contributed by atoms with Crippen LogP contribution in [0.3, 0.4) is 0 Å². The van der Waals surface area contributed by atoms with Crippen LogP contribution in [0.25, 0.3) is 0 Å². The van der Waals surface area contributed by atoms with Crippen LogP contribution >= 0.6 is 0 Å². The number of hydrogen-bond donors (Lipinski definition) is 0. The average molecular weight is 570 g/mol. The van der Waals surface area contributed by atoms with E-state index < -0.39 is 11.7 Å². The van der Waals surface area contributed by atoms with Crippen molar-refractivity contribution in [1.29, 1.82) is 0 Å². The Balaban J connectivity index is 1.19. The van der Waals surface area contributed by atoms with Gasteiger partial charge in [-0.2, -0.15) is 0 Å². The first kappa shape index (κ1) is 30.1. The van der Waals surface area contributed by atoms with E-state index in [4.69, 9.17) is 9.57 Å². The van der Waals surface area contributed by atoms with Gasteiger partial charge in [-0.3, -0.25) is 9.63 Å². The van der Waals surface area contributed by atoms with E-state index in [0.717, 1.165) is 44.2 Å². The molecule has 8 heteroatoms. The SMILES string of the molecule is C/C(=N\OC(=O)N(C)C[C@@H]1CCCN1C(=O)OC(C)(C)C)[C@H]1CCC2[C@@H]3CCC4=CC(=O)CC[C@]4(C)[C@H]3CC[C@@]21C. The lowest BCUT2D eigenvalue weighted by molar-refractivity contribution is -0.117. The van der Waals surface area contributed by atoms with Crippen LogP contribution in [-0.2, 0) is 14.4 Å². The highest BCUT2D eigenvalue weighted by atomic mass is 16.7. The largest absolute Gasteiger partial charge is 0.444 e. The van der Waals surface area contributed by atoms with Crippen molar-refractivity contribution in [3.05, 3.63) is 11.6 Å². The Bertz CT molecular complexity index is 1120. The number of likely N-dealkylation sites (tertiary alicyclic amines) is 1. The van der Waals surface area contributed by atoms with Crippen molar-refractivity contribution >= 4 is 23.7 Å². The second-order valence-corrected chi connectivity index (χ2v) is 15.1. The number of amides is 2. The predicted molar refractivity (Wildman–Crippen MR) is 158 cm³/mol. The molecule has 0 aromatic rings. The van der Waals surface area contributed by atoms with E-state index in [2.05, 4.69) is 19.0 Å². The molecule has 5 aliphatic rings. The van der Waals surface area contributed by atoms with Crippen LogP contribution < -0.4 is 0 Å². The molecule has 1 saturated heterocycles. The fourth-order valence-electron chi connectivity index (χ4n) is 9.47. The Kier molecular flexibility index (Phi) is 8.10. The molecular formula is C33H51N3O5. The lowest BCUT2D eigenvalue weighted by atomic mass is 9.46. The smallest absolute Gasteiger partial charge is 0.435 e. The number of carbonyl (C=O) groups excluding carboxylic acids is 3. The summed E-state index contributed by atoms with van der Waals surface area (Å²) in [6.45, 7) is 13.5. The lowest BCUT2D eigenvalue weighted by Gasteiger charge is -2.58. The van der Waals surface area contributed by atoms with Crippen molar-refractivity contribution in [2.24, 2.45) is 39.7 Å². The van der Waals surface area contributed by atoms with E-state index in [1.165, 1.54) is 29.7 Å². The van der Waals surface area contributed by atoms with Gasteiger partial charge in [0.2, 0.25) is 0 Å². The van der Waals surface area contributed by atoms with Gasteiger partial charge in [0.1, 0.15) is 5.60 Å². The maximum atomic E-state index is 12.9. The van der Waals surface area contributed by atoms with Gasteiger partial charge in [-0.25, -0.2) is 9.59 Å². The molecule has 0 bridgehead atoms. The number of allylic oxidation sites excluding steroid dienone is 1. The normalized spacial score (nSPS) is 37.1. The van der Waals surface area contributed by atoms with Gasteiger partial charge in [0, 0.05) is 32.5 Å². The van der Waals surface area contributed by atoms with E-state index >= 15 is 0 Å². The van der Waals surface area contributed by atoms with Crippen LogP contribution in [-0.4, -0.2) is 65.3 Å². The highest BCUT2D eigenvalue weighted by molar-refractivity contribution is 5.91. The molecule has 4 aliphatic carbocycles. The molecule has 3 saturated carbocycles. The quantitative estimate of drug-likeness (QED) is 0.207. The second kappa shape index (κ2) is 11.0. The van der Waals surface area contributed by atoms with Crippen molar-refractivity contribution in [2.45, 2.75) is 117 Å². The summed E-state index contributed by atoms with van der Waals surface area (Å²) in [6.07, 6.45) is 11.5. The van der Waals surface area contributed by atoms with E-state index in [1.54, 1.807) is 11.9 Å². The van der Waals surface area contributed by atoms with Gasteiger partial charge in [0.05, 0.1) is 11.8 Å². The third-order valence-electron chi connectivity index (χ3n) is 11.5. The molecule has 7 atom stereocenters. The first-order valence-corrected chi connectivity index (χ1v) is 15.9. The summed E-state index contributed by atoms with van der Waals surface area (Å²) in [6, 6.07) is -0.0906. The molecule has 41 heavy (non-hydrogen) atoms. The van der Waals surface area contributed by atoms with Crippen LogP contribution in [0.4, 0.5) is 9.59 Å². The molecule has 1 heterocycles. The highest BCUT2D eigenvalue weighted by Crippen LogP contribution is 2.66. The summed E-state index contributed by atoms with van der Waals surface area (Å²) < 4.78 is 5.57. The van der Waals surface area contributed by atoms with Crippen molar-refractivity contribution in [1.82, 2.24) is 9.80 Å². The Morgan fingerprint density at radius 1 is 1.07 bits per heavy atom. The minimum atomic E-state index is -0.554. The number of nitrogens with zero attached hydrogens (tertiary/aromatic N) is 3. The minimum Gasteiger partial charge on any atom is -0.444 e. The standard InChI is InChI=1S/C33H51N3O5/c1-21(34-41-29(38)35(7)20-23-9-8-18-36(23)30(39)40-31(2,3)4)26-12-13-27-25-11-10-22-19-24(37)14-16-32(22,5)28(25)15-17-33(26,27)6/h19,23,25-28H,8-18,20H2,1-7H3/b34-21+/t23-,25-,26+,27?,28-,32-,33+/m0/s1. The first-order chi connectivity index (χ1) is 19.2. The minimum absolute atomic E-state index is 0.0906. The van der Waals surface area contributed by atoms with E-state index in [1.807, 2.05) is 33.8 Å². The number of oxime groups is 1. The number of carbonyl (C=O) groups is 3. The number of ketones is 1. The maximum Gasteiger partial charge on any atom is 0.435 e. The summed E-state index contributed by atoms with van der Waals surface area (Å²) in [5.41, 5.74) is 2.11. The van der Waals surface area contributed by atoms with Crippen molar-refractivity contribution < 1.29 is 24.0 Å². The summed E-state index contributed by atoms with van der Waals surface area (Å²) in [5, 5.41) is 4.41. The average Bonchev–Trinajstić information content (AvgIpc) is 3.50. The summed E-state index contributed by atoms with van der Waals surface area (Å²) in [4.78, 5) is 46.5. The van der Waals surface area contributed by atoms with Gasteiger partial charge < -0.3 is 14.5 Å². The number of fused-ring (bicyclic) bond motifs is 5. The zero-order valence-electron chi connectivity index (χ0n) is 26.3. The van der Waals surface area contributed by atoms with Crippen molar-refractivity contribution in [2.75, 3.05) is 20.1 Å². The Hall–Kier alpha value is -2.38. The van der Waals surface area contributed by atoms with Crippen molar-refractivity contribution in [3.63, 3.8) is 0 Å². The fourth-order valence-corrected chi connectivity index (χ4v) is 9.47. The number of rotatable bonds is 4. The number of hydrogen-bond acceptors (Lipinski definition) is 6. The summed E-state index contributed by atoms with van der Waals surface area (Å²) >= 11 is 0. The third kappa shape index (κ3) is 5.69. The molecule has 1 unspecified atom stereocenters. The van der Waals surface area contributed by atoms with E-state index in [-0.39, 0.29) is 23.0 Å². The molecular weight excluding hydrogens is 518 g/mol. The van der Waals surface area contributed by atoms with Gasteiger partial charge in [-0.05, 0) is 120 Å². The molecule has 5 rings (SSSR count). The second-order valence-electron chi connectivity index (χ2n) is 15.1. The fraction of sp³-hybridized carbons (Fsp3) is 0.818. The topological polar surface area (TPSA) is 88.5 Å². The Labute approximate surface area is 246 Å². The van der Waals surface area contributed by atoms with Gasteiger partial charge in [-0.15, -0.1) is 0 Å². The number of likely N-dealkylation sites (N-methyl/N-ethyl adjacent to an activating group) is 1. The highest BCUT2D eigenvalue weighted by Gasteiger charge is 2.59. The molecule has 228 valence electrons. The molecule has 4 fully saturated rings. The summed E-state index contributed by atoms with van der Waals surface area (Å²) in [7, 11) is 1.71. The Morgan fingerprint density at radius 2 is 1.83 bits per heavy atom. The zero-order chi connectivity index (χ0) is 29.7. The van der Waals surface area contributed by atoms with Gasteiger partial charge in [0.25, 0.3) is 0 Å². The third-order valence-corrected chi connectivity index (χ3v) is 11.5. The molecule has 1 aliphatic heterocycles. The first-order valence-electron chi connectivity index (χ1n) is 15.9. The molecule has 0 spiro atoms. The number of ether oxygens (including phenoxy) is 1. The van der Waals surface area contributed by atoms with E-state index in [9.17, 15) is 14.4 Å². The van der Waals surface area contributed by atoms with Crippen LogP contribution in [0, 0.1) is 34.5 Å². The molecule has 8 nitrogen and oxygen atoms in total. The van der Waals surface area contributed by atoms with Crippen LogP contribution in [0.2, 0.25) is 0 Å². The van der Waals surface area contributed by atoms with E-state index in [0.29, 0.717) is 49.0 Å².